The van der Waals surface area contributed by atoms with Crippen LogP contribution in [0.4, 0.5) is 0 Å². The van der Waals surface area contributed by atoms with Gasteiger partial charge in [-0.2, -0.15) is 0 Å². The first-order chi connectivity index (χ1) is 15.7. The maximum absolute atomic E-state index is 10.8. The van der Waals surface area contributed by atoms with Gasteiger partial charge in [0.2, 0.25) is 0 Å². The van der Waals surface area contributed by atoms with Gasteiger partial charge in [-0.3, -0.25) is 24.0 Å². The summed E-state index contributed by atoms with van der Waals surface area (Å²) in [6, 6.07) is 0. The number of carboxylic acid groups (broad SMARTS) is 3. The Morgan fingerprint density at radius 2 is 0.861 bits per heavy atom. The quantitative estimate of drug-likeness (QED) is 0.167. The summed E-state index contributed by atoms with van der Waals surface area (Å²) in [5, 5.41) is 29.4. The summed E-state index contributed by atoms with van der Waals surface area (Å²) in [5.74, 6) is -8.50. The van der Waals surface area contributed by atoms with Crippen LogP contribution in [0.25, 0.3) is 0 Å². The van der Waals surface area contributed by atoms with Crippen molar-refractivity contribution in [3.63, 3.8) is 0 Å². The summed E-state index contributed by atoms with van der Waals surface area (Å²) < 4.78 is 4.85. The van der Waals surface area contributed by atoms with E-state index in [2.05, 4.69) is 0 Å². The van der Waals surface area contributed by atoms with E-state index < -0.39 is 41.6 Å². The van der Waals surface area contributed by atoms with Gasteiger partial charge in [-0.1, -0.05) is 27.7 Å². The van der Waals surface area contributed by atoms with Gasteiger partial charge >= 0.3 is 23.3 Å². The fraction of sp³-hybridized carbons (Fsp3) is 0.652. The first-order valence-corrected chi connectivity index (χ1v) is 10.5. The Balaban J connectivity index is -0.000000119. The number of aliphatic carboxylic acids is 3. The van der Waals surface area contributed by atoms with E-state index in [0.29, 0.717) is 0 Å². The van der Waals surface area contributed by atoms with E-state index in [1.165, 1.54) is 48.5 Å². The van der Waals surface area contributed by atoms with Crippen molar-refractivity contribution in [1.29, 1.82) is 0 Å². The number of ether oxygens (including phenoxy) is 1. The van der Waals surface area contributed by atoms with E-state index in [1.807, 2.05) is 6.92 Å². The van der Waals surface area contributed by atoms with Crippen molar-refractivity contribution in [3.05, 3.63) is 0 Å². The molecule has 0 aliphatic heterocycles. The number of hydrogen-bond donors (Lipinski definition) is 0. The number of esters is 1. The second kappa shape index (κ2) is 23.8. The van der Waals surface area contributed by atoms with Gasteiger partial charge in [-0.25, -0.2) is 0 Å². The van der Waals surface area contributed by atoms with Crippen LogP contribution in [-0.4, -0.2) is 70.5 Å². The van der Waals surface area contributed by atoms with Gasteiger partial charge in [0.15, 0.2) is 0 Å². The summed E-state index contributed by atoms with van der Waals surface area (Å²) >= 11 is 0. The number of rotatable bonds is 10. The average Bonchev–Trinajstić information content (AvgIpc) is 2.71. The number of hydrogen-bond acceptors (Lipinski definition) is 12. The van der Waals surface area contributed by atoms with Crippen molar-refractivity contribution in [2.75, 3.05) is 0 Å². The molecular weight excluding hydrogens is 495 g/mol. The summed E-state index contributed by atoms with van der Waals surface area (Å²) in [7, 11) is 0. The third kappa shape index (κ3) is 29.1. The molecule has 0 rings (SSSR count). The fourth-order valence-corrected chi connectivity index (χ4v) is 1.05. The molecule has 13 heteroatoms. The van der Waals surface area contributed by atoms with Crippen LogP contribution < -0.4 is 15.3 Å². The van der Waals surface area contributed by atoms with Gasteiger partial charge in [0.1, 0.15) is 29.6 Å². The van der Waals surface area contributed by atoms with Crippen molar-refractivity contribution in [2.45, 2.75) is 81.3 Å². The SMILES string of the molecule is CC(=O)C(C)C(=O)[O-].CC(=O)C(C)C(=O)[O-].CC(=O)C(C)C(=O)[O-].CCC(C)OC(=O)CC(C)=O.[Al+3]. The van der Waals surface area contributed by atoms with Crippen LogP contribution in [0.2, 0.25) is 0 Å². The van der Waals surface area contributed by atoms with E-state index in [1.54, 1.807) is 6.92 Å². The minimum Gasteiger partial charge on any atom is -0.549 e. The molecule has 0 bridgehead atoms. The Hall–Kier alpha value is -2.91. The Kier molecular flexibility index (Phi) is 28.6. The zero-order valence-corrected chi connectivity index (χ0v) is 23.4. The normalized spacial score (nSPS) is 12.2. The molecule has 4 atom stereocenters. The third-order valence-electron chi connectivity index (χ3n) is 4.19. The number of ketones is 4. The molecule has 0 N–H and O–H groups in total. The van der Waals surface area contributed by atoms with Crippen LogP contribution in [0, 0.1) is 17.8 Å². The fourth-order valence-electron chi connectivity index (χ4n) is 1.05. The molecule has 0 radical (unpaired) electrons. The molecule has 0 heterocycles. The predicted octanol–water partition coefficient (Wildman–Crippen LogP) is -2.19. The molecule has 0 aromatic heterocycles. The Morgan fingerprint density at radius 1 is 0.611 bits per heavy atom. The molecule has 12 nitrogen and oxygen atoms in total. The Morgan fingerprint density at radius 3 is 0.972 bits per heavy atom. The van der Waals surface area contributed by atoms with Crippen molar-refractivity contribution >= 4 is 64.4 Å². The molecular formula is C23H35AlO12. The molecule has 0 aliphatic carbocycles. The maximum Gasteiger partial charge on any atom is 3.00 e. The van der Waals surface area contributed by atoms with Gasteiger partial charge in [0.05, 0.1) is 41.8 Å². The Bertz CT molecular complexity index is 647. The molecule has 0 saturated carbocycles. The number of carbonyl (C=O) groups is 8. The van der Waals surface area contributed by atoms with Gasteiger partial charge in [-0.15, -0.1) is 0 Å². The maximum atomic E-state index is 10.8. The monoisotopic (exact) mass is 530 g/mol. The predicted molar refractivity (Wildman–Crippen MR) is 121 cm³/mol. The van der Waals surface area contributed by atoms with E-state index in [4.69, 9.17) is 4.74 Å². The standard InChI is InChI=1S/C8H14O3.3C5H8O3.Al/c1-4-7(3)11-8(10)5-6(2)9;3*1-3(4(2)6)5(7)8;/h7H,4-5H2,1-3H3;3*3H,1-2H3,(H,7,8);/q;;;;+3/p-3. The van der Waals surface area contributed by atoms with Crippen LogP contribution in [0.15, 0.2) is 0 Å². The minimum absolute atomic E-state index is 0. The molecule has 0 aliphatic rings. The first kappa shape index (κ1) is 43.2. The van der Waals surface area contributed by atoms with Gasteiger partial charge < -0.3 is 34.4 Å². The molecule has 0 aromatic carbocycles. The van der Waals surface area contributed by atoms with Crippen LogP contribution in [0.3, 0.4) is 0 Å². The van der Waals surface area contributed by atoms with E-state index in [0.717, 1.165) is 6.42 Å². The molecule has 4 unspecified atom stereocenters. The van der Waals surface area contributed by atoms with E-state index >= 15 is 0 Å². The zero-order chi connectivity index (χ0) is 29.0. The van der Waals surface area contributed by atoms with Gasteiger partial charge in [0.25, 0.3) is 0 Å². The smallest absolute Gasteiger partial charge is 0.549 e. The van der Waals surface area contributed by atoms with Crippen molar-refractivity contribution < 1.29 is 58.4 Å². The molecule has 202 valence electrons. The molecule has 0 fully saturated rings. The molecule has 0 saturated heterocycles. The largest absolute Gasteiger partial charge is 3.00 e. The summed E-state index contributed by atoms with van der Waals surface area (Å²) in [6.45, 7) is 12.7. The van der Waals surface area contributed by atoms with Gasteiger partial charge in [0, 0.05) is 0 Å². The third-order valence-corrected chi connectivity index (χ3v) is 4.19. The first-order valence-electron chi connectivity index (χ1n) is 10.5. The van der Waals surface area contributed by atoms with Crippen molar-refractivity contribution in [3.8, 4) is 0 Å². The summed E-state index contributed by atoms with van der Waals surface area (Å²) in [4.78, 5) is 81.1. The molecule has 0 amide bonds. The second-order valence-electron chi connectivity index (χ2n) is 7.54. The molecule has 0 spiro atoms. The summed E-state index contributed by atoms with van der Waals surface area (Å²) in [6.07, 6.45) is 0.593. The summed E-state index contributed by atoms with van der Waals surface area (Å²) in [5.41, 5.74) is 0. The van der Waals surface area contributed by atoms with Crippen LogP contribution in [0.5, 0.6) is 0 Å². The van der Waals surface area contributed by atoms with Crippen molar-refractivity contribution in [2.24, 2.45) is 17.8 Å². The van der Waals surface area contributed by atoms with E-state index in [-0.39, 0.29) is 53.0 Å². The Labute approximate surface area is 221 Å². The van der Waals surface area contributed by atoms with Crippen LogP contribution in [0.1, 0.15) is 75.2 Å². The van der Waals surface area contributed by atoms with Crippen LogP contribution in [-0.2, 0) is 43.1 Å². The van der Waals surface area contributed by atoms with Gasteiger partial charge in [-0.05, 0) is 41.0 Å². The molecule has 0 aromatic rings. The van der Waals surface area contributed by atoms with Crippen molar-refractivity contribution in [1.82, 2.24) is 0 Å². The van der Waals surface area contributed by atoms with Crippen LogP contribution >= 0.6 is 0 Å². The minimum atomic E-state index is -1.31. The number of Topliss-reactive ketones (excluding diaryl/α,β-unsaturated/α-hetero) is 4. The topological polar surface area (TPSA) is 215 Å². The molecule has 36 heavy (non-hydrogen) atoms. The van der Waals surface area contributed by atoms with E-state index in [9.17, 15) is 53.7 Å². The zero-order valence-electron chi connectivity index (χ0n) is 22.2. The number of carboxylic acids is 3. The number of carbonyl (C=O) groups excluding carboxylic acids is 8. The average molecular weight is 531 g/mol. The second-order valence-corrected chi connectivity index (χ2v) is 7.54.